The number of rotatable bonds is 2. The standard InChI is InChI=1S/2C13H13.2ClH.Zr/c2*1-10-6-8-12(9-7-10)13-5-3-4-11(13)2;;;/h2*4,6-9H,3H2,1-2H3;2*1H;/q2*-1;;;+4/p-2. The Hall–Kier alpha value is -1.14. The number of benzene rings is 2. The molecule has 148 valence electrons. The Kier molecular flexibility index (Phi) is 12.7. The fourth-order valence-corrected chi connectivity index (χ4v) is 3.20. The minimum Gasteiger partial charge on any atom is -1.00 e. The first-order chi connectivity index (χ1) is 12.5. The molecule has 4 rings (SSSR count). The summed E-state index contributed by atoms with van der Waals surface area (Å²) < 4.78 is 0. The molecule has 0 amide bonds. The normalized spacial score (nSPS) is 13.9. The van der Waals surface area contributed by atoms with E-state index in [1.54, 1.807) is 0 Å². The Labute approximate surface area is 207 Å². The topological polar surface area (TPSA) is 0 Å². The molecule has 0 unspecified atom stereocenters. The molecule has 2 aromatic rings. The summed E-state index contributed by atoms with van der Waals surface area (Å²) in [6.07, 6.45) is 13.1. The van der Waals surface area contributed by atoms with Gasteiger partial charge >= 0.3 is 26.2 Å². The zero-order valence-corrected chi connectivity index (χ0v) is 21.4. The maximum Gasteiger partial charge on any atom is 4.00 e. The fourth-order valence-electron chi connectivity index (χ4n) is 3.20. The molecular formula is C26H26Cl2Zr. The summed E-state index contributed by atoms with van der Waals surface area (Å²) in [5.74, 6) is 0. The van der Waals surface area contributed by atoms with E-state index in [0.717, 1.165) is 12.8 Å². The Morgan fingerprint density at radius 3 is 1.10 bits per heavy atom. The van der Waals surface area contributed by atoms with Crippen LogP contribution in [0.15, 0.2) is 71.8 Å². The molecule has 0 spiro atoms. The first-order valence-corrected chi connectivity index (χ1v) is 9.24. The van der Waals surface area contributed by atoms with Gasteiger partial charge in [0.2, 0.25) is 0 Å². The second kappa shape index (κ2) is 13.2. The van der Waals surface area contributed by atoms with Crippen molar-refractivity contribution in [2.75, 3.05) is 0 Å². The Balaban J connectivity index is 0.000000490. The number of hydrogen-bond acceptors (Lipinski definition) is 0. The molecule has 2 aliphatic carbocycles. The van der Waals surface area contributed by atoms with Gasteiger partial charge in [0.25, 0.3) is 0 Å². The van der Waals surface area contributed by atoms with E-state index in [4.69, 9.17) is 0 Å². The van der Waals surface area contributed by atoms with Crippen LogP contribution in [-0.4, -0.2) is 0 Å². The molecule has 29 heavy (non-hydrogen) atoms. The second-order valence-corrected chi connectivity index (χ2v) is 7.02. The van der Waals surface area contributed by atoms with Crippen LogP contribution in [0.4, 0.5) is 0 Å². The molecule has 2 aromatic carbocycles. The molecule has 0 atom stereocenters. The van der Waals surface area contributed by atoms with Gasteiger partial charge in [-0.25, -0.2) is 0 Å². The molecule has 0 saturated heterocycles. The molecule has 0 radical (unpaired) electrons. The van der Waals surface area contributed by atoms with Crippen LogP contribution in [0.3, 0.4) is 0 Å². The minimum atomic E-state index is 0. The van der Waals surface area contributed by atoms with Gasteiger partial charge in [0, 0.05) is 0 Å². The van der Waals surface area contributed by atoms with Crippen LogP contribution in [0.2, 0.25) is 0 Å². The van der Waals surface area contributed by atoms with E-state index >= 15 is 0 Å². The third kappa shape index (κ3) is 7.56. The van der Waals surface area contributed by atoms with Gasteiger partial charge in [0.05, 0.1) is 0 Å². The van der Waals surface area contributed by atoms with E-state index in [1.807, 2.05) is 0 Å². The van der Waals surface area contributed by atoms with Crippen LogP contribution >= 0.6 is 0 Å². The second-order valence-electron chi connectivity index (χ2n) is 7.02. The fraction of sp³-hybridized carbons (Fsp3) is 0.231. The predicted octanol–water partition coefficient (Wildman–Crippen LogP) is 1.07. The van der Waals surface area contributed by atoms with Gasteiger partial charge in [0.1, 0.15) is 0 Å². The summed E-state index contributed by atoms with van der Waals surface area (Å²) in [7, 11) is 0. The molecule has 3 heteroatoms. The molecule has 0 nitrogen and oxygen atoms in total. The van der Waals surface area contributed by atoms with Crippen molar-refractivity contribution >= 4 is 11.1 Å². The number of hydrogen-bond donors (Lipinski definition) is 0. The van der Waals surface area contributed by atoms with Crippen molar-refractivity contribution in [3.05, 3.63) is 106 Å². The van der Waals surface area contributed by atoms with Gasteiger partial charge in [-0.15, -0.1) is 47.5 Å². The first kappa shape index (κ1) is 27.9. The molecule has 0 aromatic heterocycles. The van der Waals surface area contributed by atoms with E-state index in [2.05, 4.69) is 101 Å². The van der Waals surface area contributed by atoms with E-state index in [9.17, 15) is 0 Å². The molecule has 0 fully saturated rings. The van der Waals surface area contributed by atoms with Crippen molar-refractivity contribution in [2.45, 2.75) is 40.5 Å². The van der Waals surface area contributed by atoms with E-state index in [-0.39, 0.29) is 51.0 Å². The summed E-state index contributed by atoms with van der Waals surface area (Å²) in [5, 5.41) is 0. The van der Waals surface area contributed by atoms with Gasteiger partial charge in [-0.2, -0.15) is 34.4 Å². The number of halogens is 2. The molecular weight excluding hydrogens is 474 g/mol. The average Bonchev–Trinajstić information content (AvgIpc) is 3.25. The summed E-state index contributed by atoms with van der Waals surface area (Å²) in [6, 6.07) is 17.3. The van der Waals surface area contributed by atoms with Crippen molar-refractivity contribution in [3.8, 4) is 0 Å². The molecule has 0 heterocycles. The van der Waals surface area contributed by atoms with Gasteiger partial charge in [-0.05, 0) is 13.8 Å². The first-order valence-electron chi connectivity index (χ1n) is 9.24. The summed E-state index contributed by atoms with van der Waals surface area (Å²) >= 11 is 0. The maximum atomic E-state index is 3.37. The van der Waals surface area contributed by atoms with Crippen LogP contribution in [-0.2, 0) is 26.2 Å². The van der Waals surface area contributed by atoms with E-state index in [1.165, 1.54) is 44.5 Å². The van der Waals surface area contributed by atoms with E-state index < -0.39 is 0 Å². The van der Waals surface area contributed by atoms with Crippen molar-refractivity contribution < 1.29 is 51.0 Å². The van der Waals surface area contributed by atoms with Gasteiger partial charge < -0.3 is 24.8 Å². The Morgan fingerprint density at radius 2 is 0.862 bits per heavy atom. The summed E-state index contributed by atoms with van der Waals surface area (Å²) in [5.41, 5.74) is 10.5. The van der Waals surface area contributed by atoms with Crippen LogP contribution < -0.4 is 24.8 Å². The van der Waals surface area contributed by atoms with Gasteiger partial charge in [-0.3, -0.25) is 0 Å². The predicted molar refractivity (Wildman–Crippen MR) is 112 cm³/mol. The molecule has 0 N–H and O–H groups in total. The van der Waals surface area contributed by atoms with Crippen LogP contribution in [0.25, 0.3) is 11.1 Å². The number of allylic oxidation sites excluding steroid dienone is 8. The van der Waals surface area contributed by atoms with Crippen LogP contribution in [0.5, 0.6) is 0 Å². The van der Waals surface area contributed by atoms with Crippen LogP contribution in [0.1, 0.15) is 48.9 Å². The summed E-state index contributed by atoms with van der Waals surface area (Å²) in [6.45, 7) is 8.52. The van der Waals surface area contributed by atoms with Gasteiger partial charge in [0.15, 0.2) is 0 Å². The van der Waals surface area contributed by atoms with Crippen molar-refractivity contribution in [1.29, 1.82) is 0 Å². The summed E-state index contributed by atoms with van der Waals surface area (Å²) in [4.78, 5) is 0. The maximum absolute atomic E-state index is 3.37. The molecule has 2 aliphatic rings. The Bertz CT molecular complexity index is 821. The van der Waals surface area contributed by atoms with Crippen LogP contribution in [0, 0.1) is 26.0 Å². The number of aryl methyl sites for hydroxylation is 2. The quantitative estimate of drug-likeness (QED) is 0.542. The molecule has 0 aliphatic heterocycles. The minimum absolute atomic E-state index is 0. The van der Waals surface area contributed by atoms with E-state index in [0.29, 0.717) is 0 Å². The zero-order valence-electron chi connectivity index (χ0n) is 17.4. The average molecular weight is 501 g/mol. The van der Waals surface area contributed by atoms with Gasteiger partial charge in [-0.1, -0.05) is 62.1 Å². The third-order valence-electron chi connectivity index (χ3n) is 4.84. The largest absolute Gasteiger partial charge is 4.00 e. The third-order valence-corrected chi connectivity index (χ3v) is 4.84. The van der Waals surface area contributed by atoms with Crippen molar-refractivity contribution in [1.82, 2.24) is 0 Å². The zero-order chi connectivity index (χ0) is 18.5. The van der Waals surface area contributed by atoms with Crippen molar-refractivity contribution in [3.63, 3.8) is 0 Å². The smallest absolute Gasteiger partial charge is 1.00 e. The van der Waals surface area contributed by atoms with Crippen molar-refractivity contribution in [2.24, 2.45) is 0 Å². The Morgan fingerprint density at radius 1 is 0.552 bits per heavy atom. The SMILES string of the molecule is CC1=CC[C-]=C1c1ccc(C)cc1.CC1=CC[C-]=C1c1ccc(C)cc1.[Cl-].[Cl-].[Zr+4]. The molecule has 0 bridgehead atoms. The molecule has 0 saturated carbocycles. The monoisotopic (exact) mass is 498 g/mol.